The van der Waals surface area contributed by atoms with Crippen LogP contribution in [0.1, 0.15) is 0 Å². The minimum absolute atomic E-state index is 1.01. The molecule has 0 spiro atoms. The molecule has 0 heterocycles. The van der Waals surface area contributed by atoms with Crippen LogP contribution in [0.15, 0.2) is 0 Å². The number of carbonyl (C=O) groups is 1. The first-order valence-corrected chi connectivity index (χ1v) is 2.36. The first kappa shape index (κ1) is 9.22. The number of carbonyl (C=O) groups excluding carboxylic acids is 1. The van der Waals surface area contributed by atoms with Crippen LogP contribution in [-0.2, 0) is 4.79 Å². The van der Waals surface area contributed by atoms with Crippen LogP contribution in [0.25, 0.3) is 0 Å². The van der Waals surface area contributed by atoms with Crippen molar-refractivity contribution in [1.29, 1.82) is 0 Å². The maximum absolute atomic E-state index is 11.4. The highest BCUT2D eigenvalue weighted by Crippen LogP contribution is 2.19. The molecule has 10 heavy (non-hydrogen) atoms. The number of aliphatic hydroxyl groups excluding tert-OH is 1. The number of likely N-dealkylation sites (N-methyl/N-ethyl adjacent to an activating group) is 1. The van der Waals surface area contributed by atoms with Gasteiger partial charge in [0.2, 0.25) is 6.10 Å². The average molecular weight is 157 g/mol. The van der Waals surface area contributed by atoms with E-state index in [2.05, 4.69) is 0 Å². The largest absolute Gasteiger partial charge is 0.423 e. The van der Waals surface area contributed by atoms with Crippen molar-refractivity contribution < 1.29 is 23.1 Å². The van der Waals surface area contributed by atoms with Gasteiger partial charge in [-0.3, -0.25) is 4.79 Å². The molecule has 0 saturated heterocycles. The number of hydrogen-bond acceptors (Lipinski definition) is 2. The highest BCUT2D eigenvalue weighted by atomic mass is 19.4. The molecule has 0 bridgehead atoms. The van der Waals surface area contributed by atoms with Gasteiger partial charge in [-0.2, -0.15) is 13.2 Å². The van der Waals surface area contributed by atoms with Gasteiger partial charge in [0, 0.05) is 7.05 Å². The number of halogens is 3. The van der Waals surface area contributed by atoms with E-state index in [9.17, 15) is 18.0 Å². The van der Waals surface area contributed by atoms with Crippen LogP contribution in [0.5, 0.6) is 0 Å². The summed E-state index contributed by atoms with van der Waals surface area (Å²) in [5, 5.41) is 9.78. The van der Waals surface area contributed by atoms with Crippen LogP contribution in [0.2, 0.25) is 0 Å². The lowest BCUT2D eigenvalue weighted by atomic mass is 10.3. The normalized spacial score (nSPS) is 14.5. The molecule has 1 amide bonds. The quantitative estimate of drug-likeness (QED) is 0.546. The van der Waals surface area contributed by atoms with Gasteiger partial charge in [-0.25, -0.2) is 0 Å². The van der Waals surface area contributed by atoms with Crippen LogP contribution in [0.4, 0.5) is 13.2 Å². The van der Waals surface area contributed by atoms with Gasteiger partial charge in [0.25, 0.3) is 5.91 Å². The molecule has 60 valence electrons. The average Bonchev–Trinajstić information content (AvgIpc) is 1.83. The zero-order valence-corrected chi connectivity index (χ0v) is 5.07. The molecule has 0 radical (unpaired) electrons. The summed E-state index contributed by atoms with van der Waals surface area (Å²) in [6.45, 7) is 0. The molecule has 0 aromatic rings. The predicted molar refractivity (Wildman–Crippen MR) is 26.1 cm³/mol. The fourth-order valence-corrected chi connectivity index (χ4v) is 0.285. The van der Waals surface area contributed by atoms with Crippen LogP contribution >= 0.6 is 0 Å². The second kappa shape index (κ2) is 2.87. The van der Waals surface area contributed by atoms with Crippen molar-refractivity contribution in [3.05, 3.63) is 0 Å². The zero-order chi connectivity index (χ0) is 8.36. The third-order valence-electron chi connectivity index (χ3n) is 0.805. The van der Waals surface area contributed by atoms with Gasteiger partial charge in [0.1, 0.15) is 0 Å². The standard InChI is InChI=1S/C4H6F3NO2/c1-8-3(10)2(9)4(5,6)7/h2,9H,1H3,(H,8,10). The van der Waals surface area contributed by atoms with Gasteiger partial charge in [0.05, 0.1) is 0 Å². The molecule has 1 atom stereocenters. The molecule has 0 aromatic heterocycles. The van der Waals surface area contributed by atoms with Crippen molar-refractivity contribution in [1.82, 2.24) is 5.32 Å². The SMILES string of the molecule is CNC(=O)C(O)C(F)(F)F. The van der Waals surface area contributed by atoms with Crippen molar-refractivity contribution in [2.75, 3.05) is 7.05 Å². The molecular formula is C4H6F3NO2. The first-order valence-electron chi connectivity index (χ1n) is 2.36. The zero-order valence-electron chi connectivity index (χ0n) is 5.07. The topological polar surface area (TPSA) is 49.3 Å². The van der Waals surface area contributed by atoms with Gasteiger partial charge in [-0.1, -0.05) is 0 Å². The maximum Gasteiger partial charge on any atom is 0.423 e. The van der Waals surface area contributed by atoms with Crippen LogP contribution in [0, 0.1) is 0 Å². The Morgan fingerprint density at radius 2 is 2.00 bits per heavy atom. The van der Waals surface area contributed by atoms with E-state index >= 15 is 0 Å². The molecule has 0 aromatic carbocycles. The lowest BCUT2D eigenvalue weighted by molar-refractivity contribution is -0.204. The van der Waals surface area contributed by atoms with Gasteiger partial charge in [-0.15, -0.1) is 0 Å². The van der Waals surface area contributed by atoms with Crippen molar-refractivity contribution in [3.63, 3.8) is 0 Å². The molecule has 0 aliphatic carbocycles. The van der Waals surface area contributed by atoms with E-state index in [4.69, 9.17) is 5.11 Å². The minimum atomic E-state index is -4.87. The molecule has 3 nitrogen and oxygen atoms in total. The number of amides is 1. The fourth-order valence-electron chi connectivity index (χ4n) is 0.285. The van der Waals surface area contributed by atoms with E-state index in [1.165, 1.54) is 0 Å². The highest BCUT2D eigenvalue weighted by molar-refractivity contribution is 5.80. The number of alkyl halides is 3. The van der Waals surface area contributed by atoms with Crippen molar-refractivity contribution in [2.24, 2.45) is 0 Å². The summed E-state index contributed by atoms with van der Waals surface area (Å²) in [4.78, 5) is 10.1. The Morgan fingerprint density at radius 3 is 2.10 bits per heavy atom. The Labute approximate surface area is 54.8 Å². The molecule has 0 aliphatic rings. The Balaban J connectivity index is 4.08. The summed E-state index contributed by atoms with van der Waals surface area (Å²) < 4.78 is 34.1. The third-order valence-corrected chi connectivity index (χ3v) is 0.805. The second-order valence-corrected chi connectivity index (χ2v) is 1.56. The molecule has 0 rings (SSSR count). The first-order chi connectivity index (χ1) is 4.39. The van der Waals surface area contributed by atoms with Crippen molar-refractivity contribution >= 4 is 5.91 Å². The lowest BCUT2D eigenvalue weighted by Crippen LogP contribution is -2.42. The lowest BCUT2D eigenvalue weighted by Gasteiger charge is -2.11. The van der Waals surface area contributed by atoms with Crippen LogP contribution in [0.3, 0.4) is 0 Å². The van der Waals surface area contributed by atoms with E-state index in [1.54, 1.807) is 5.32 Å². The van der Waals surface area contributed by atoms with E-state index in [0.717, 1.165) is 7.05 Å². The molecule has 0 saturated carbocycles. The summed E-state index contributed by atoms with van der Waals surface area (Å²) in [6.07, 6.45) is -7.79. The van der Waals surface area contributed by atoms with E-state index in [0.29, 0.717) is 0 Å². The number of aliphatic hydroxyl groups is 1. The summed E-state index contributed by atoms with van der Waals surface area (Å²) in [7, 11) is 1.01. The van der Waals surface area contributed by atoms with Gasteiger partial charge < -0.3 is 10.4 Å². The monoisotopic (exact) mass is 157 g/mol. The smallest absolute Gasteiger partial charge is 0.376 e. The van der Waals surface area contributed by atoms with Crippen LogP contribution < -0.4 is 5.32 Å². The molecule has 6 heteroatoms. The van der Waals surface area contributed by atoms with Crippen molar-refractivity contribution in [2.45, 2.75) is 12.3 Å². The fraction of sp³-hybridized carbons (Fsp3) is 0.750. The molecule has 1 unspecified atom stereocenters. The molecule has 2 N–H and O–H groups in total. The Hall–Kier alpha value is -0.780. The Kier molecular flexibility index (Phi) is 2.65. The van der Waals surface area contributed by atoms with Gasteiger partial charge in [0.15, 0.2) is 0 Å². The number of rotatable bonds is 1. The van der Waals surface area contributed by atoms with Crippen LogP contribution in [-0.4, -0.2) is 30.3 Å². The van der Waals surface area contributed by atoms with E-state index in [1.807, 2.05) is 0 Å². The van der Waals surface area contributed by atoms with E-state index < -0.39 is 18.2 Å². The second-order valence-electron chi connectivity index (χ2n) is 1.56. The molecule has 0 fully saturated rings. The Morgan fingerprint density at radius 1 is 1.60 bits per heavy atom. The summed E-state index contributed by atoms with van der Waals surface area (Å²) in [6, 6.07) is 0. The van der Waals surface area contributed by atoms with E-state index in [-0.39, 0.29) is 0 Å². The van der Waals surface area contributed by atoms with Gasteiger partial charge in [-0.05, 0) is 0 Å². The molecular weight excluding hydrogens is 151 g/mol. The highest BCUT2D eigenvalue weighted by Gasteiger charge is 2.42. The van der Waals surface area contributed by atoms with Crippen molar-refractivity contribution in [3.8, 4) is 0 Å². The predicted octanol–water partition coefficient (Wildman–Crippen LogP) is -0.344. The summed E-state index contributed by atoms with van der Waals surface area (Å²) >= 11 is 0. The number of hydrogen-bond donors (Lipinski definition) is 2. The minimum Gasteiger partial charge on any atom is -0.376 e. The number of nitrogens with one attached hydrogen (secondary N) is 1. The summed E-state index contributed by atoms with van der Waals surface area (Å²) in [5.74, 6) is -1.45. The summed E-state index contributed by atoms with van der Waals surface area (Å²) in [5.41, 5.74) is 0. The maximum atomic E-state index is 11.4. The third kappa shape index (κ3) is 2.22. The van der Waals surface area contributed by atoms with Gasteiger partial charge >= 0.3 is 6.18 Å². The molecule has 0 aliphatic heterocycles. The Bertz CT molecular complexity index is 133.